The Morgan fingerprint density at radius 3 is 1.86 bits per heavy atom. The predicted molar refractivity (Wildman–Crippen MR) is 114 cm³/mol. The zero-order valence-electron chi connectivity index (χ0n) is 15.3. The monoisotopic (exact) mass is 366 g/mol. The van der Waals surface area contributed by atoms with Crippen molar-refractivity contribution < 1.29 is 9.59 Å². The van der Waals surface area contributed by atoms with Gasteiger partial charge in [-0.15, -0.1) is 0 Å². The van der Waals surface area contributed by atoms with Crippen molar-refractivity contribution >= 4 is 29.4 Å². The Bertz CT molecular complexity index is 1000. The molecule has 0 atom stereocenters. The van der Waals surface area contributed by atoms with E-state index in [-0.39, 0.29) is 12.3 Å². The van der Waals surface area contributed by atoms with Crippen LogP contribution in [0.3, 0.4) is 0 Å². The minimum atomic E-state index is -0.381. The Morgan fingerprint density at radius 2 is 1.32 bits per heavy atom. The number of benzene rings is 3. The van der Waals surface area contributed by atoms with E-state index in [2.05, 4.69) is 0 Å². The van der Waals surface area contributed by atoms with Crippen LogP contribution in [0.4, 0.5) is 0 Å². The van der Waals surface area contributed by atoms with E-state index in [9.17, 15) is 9.59 Å². The third-order valence-corrected chi connectivity index (χ3v) is 4.38. The molecule has 0 spiro atoms. The number of nitrogens with two attached hydrogens (primary N) is 1. The molecule has 137 valence electrons. The van der Waals surface area contributed by atoms with E-state index < -0.39 is 0 Å². The van der Waals surface area contributed by atoms with Gasteiger partial charge in [0.25, 0.3) is 0 Å². The van der Waals surface area contributed by atoms with E-state index >= 15 is 0 Å². The van der Waals surface area contributed by atoms with Crippen molar-refractivity contribution in [3.63, 3.8) is 0 Å². The molecule has 1 amide bonds. The smallest absolute Gasteiger partial charge is 0.225 e. The minimum Gasteiger partial charge on any atom is -0.369 e. The van der Waals surface area contributed by atoms with Crippen LogP contribution in [0, 0.1) is 0 Å². The molecule has 3 aromatic rings. The lowest BCUT2D eigenvalue weighted by atomic mass is 9.87. The molecular weight excluding hydrogens is 346 g/mol. The van der Waals surface area contributed by atoms with Crippen LogP contribution in [0.1, 0.15) is 28.7 Å². The fraction of sp³-hybridized carbons (Fsp3) is 0.0400. The first-order valence-electron chi connectivity index (χ1n) is 8.96. The average molecular weight is 366 g/mol. The van der Waals surface area contributed by atoms with Gasteiger partial charge in [-0.25, -0.2) is 0 Å². The molecule has 1 radical (unpaired) electrons. The lowest BCUT2D eigenvalue weighted by molar-refractivity contribution is -0.117. The summed E-state index contributed by atoms with van der Waals surface area (Å²) in [7, 11) is 0. The Morgan fingerprint density at radius 1 is 0.786 bits per heavy atom. The molecular formula is C25H20NO2. The molecule has 2 N–H and O–H groups in total. The van der Waals surface area contributed by atoms with Crippen molar-refractivity contribution in [2.45, 2.75) is 6.42 Å². The van der Waals surface area contributed by atoms with Crippen LogP contribution in [0.25, 0.3) is 17.2 Å². The molecule has 0 aromatic heterocycles. The second kappa shape index (κ2) is 9.28. The summed E-state index contributed by atoms with van der Waals surface area (Å²) < 4.78 is 0. The summed E-state index contributed by atoms with van der Waals surface area (Å²) in [6, 6.07) is 27.6. The van der Waals surface area contributed by atoms with Gasteiger partial charge in [-0.3, -0.25) is 9.59 Å². The van der Waals surface area contributed by atoms with Crippen molar-refractivity contribution in [2.75, 3.05) is 0 Å². The molecule has 0 saturated heterocycles. The fourth-order valence-corrected chi connectivity index (χ4v) is 3.16. The van der Waals surface area contributed by atoms with Crippen LogP contribution in [0.15, 0.2) is 91.0 Å². The first kappa shape index (κ1) is 19.1. The standard InChI is InChI=1S/C25H20NO2/c26-24(28)18-23(20-9-3-1-4-10-20)25(21-11-5-2-6-12-21)22-15-13-19(14-16-22)8-7-17-27/h1-16H,18H2,(H2,26,28). The maximum Gasteiger partial charge on any atom is 0.225 e. The van der Waals surface area contributed by atoms with Crippen molar-refractivity contribution in [1.82, 2.24) is 0 Å². The number of amides is 1. The summed E-state index contributed by atoms with van der Waals surface area (Å²) in [5.74, 6) is -0.381. The molecule has 0 aliphatic heterocycles. The van der Waals surface area contributed by atoms with E-state index in [1.807, 2.05) is 84.9 Å². The van der Waals surface area contributed by atoms with Gasteiger partial charge in [0.1, 0.15) is 0 Å². The molecule has 28 heavy (non-hydrogen) atoms. The maximum atomic E-state index is 11.9. The van der Waals surface area contributed by atoms with Crippen LogP contribution >= 0.6 is 0 Å². The molecule has 3 aromatic carbocycles. The molecule has 0 heterocycles. The number of rotatable bonds is 7. The van der Waals surface area contributed by atoms with Gasteiger partial charge in [-0.1, -0.05) is 91.0 Å². The van der Waals surface area contributed by atoms with Gasteiger partial charge in [-0.05, 0) is 39.5 Å². The molecule has 3 heteroatoms. The number of hydrogen-bond donors (Lipinski definition) is 1. The fourth-order valence-electron chi connectivity index (χ4n) is 3.16. The van der Waals surface area contributed by atoms with Gasteiger partial charge in [0, 0.05) is 0 Å². The van der Waals surface area contributed by atoms with Gasteiger partial charge in [0.15, 0.2) is 0 Å². The van der Waals surface area contributed by atoms with Gasteiger partial charge >= 0.3 is 0 Å². The maximum absolute atomic E-state index is 11.9. The number of hydrogen-bond acceptors (Lipinski definition) is 2. The molecule has 0 saturated carbocycles. The van der Waals surface area contributed by atoms with E-state index in [1.54, 1.807) is 12.4 Å². The lowest BCUT2D eigenvalue weighted by Gasteiger charge is -2.17. The normalized spacial score (nSPS) is 11.9. The Balaban J connectivity index is 2.22. The summed E-state index contributed by atoms with van der Waals surface area (Å²) in [5, 5.41) is 0. The zero-order chi connectivity index (χ0) is 19.8. The van der Waals surface area contributed by atoms with Gasteiger partial charge in [0.2, 0.25) is 12.2 Å². The van der Waals surface area contributed by atoms with Crippen LogP contribution in [0.5, 0.6) is 0 Å². The molecule has 0 unspecified atom stereocenters. The second-order valence-electron chi connectivity index (χ2n) is 6.30. The predicted octanol–water partition coefficient (Wildman–Crippen LogP) is 4.64. The van der Waals surface area contributed by atoms with Gasteiger partial charge in [0.05, 0.1) is 6.42 Å². The van der Waals surface area contributed by atoms with Crippen LogP contribution in [-0.2, 0) is 9.59 Å². The van der Waals surface area contributed by atoms with Crippen molar-refractivity contribution in [3.05, 3.63) is 113 Å². The third kappa shape index (κ3) is 4.71. The largest absolute Gasteiger partial charge is 0.369 e. The average Bonchev–Trinajstić information content (AvgIpc) is 2.74. The summed E-state index contributed by atoms with van der Waals surface area (Å²) in [6.45, 7) is 0. The summed E-state index contributed by atoms with van der Waals surface area (Å²) in [4.78, 5) is 22.3. The minimum absolute atomic E-state index is 0.135. The molecule has 0 aliphatic carbocycles. The highest BCUT2D eigenvalue weighted by molar-refractivity contribution is 6.04. The number of allylic oxidation sites excluding steroid dienone is 1. The Hall–Kier alpha value is -3.72. The molecule has 3 nitrogen and oxygen atoms in total. The van der Waals surface area contributed by atoms with Gasteiger partial charge in [-0.2, -0.15) is 0 Å². The summed E-state index contributed by atoms with van der Waals surface area (Å²) in [5.41, 5.74) is 11.3. The topological polar surface area (TPSA) is 60.2 Å². The number of carbonyl (C=O) groups excluding carboxylic acids is 2. The summed E-state index contributed by atoms with van der Waals surface area (Å²) in [6.07, 6.45) is 4.92. The van der Waals surface area contributed by atoms with Crippen LogP contribution in [0.2, 0.25) is 0 Å². The highest BCUT2D eigenvalue weighted by Crippen LogP contribution is 2.34. The summed E-state index contributed by atoms with van der Waals surface area (Å²) >= 11 is 0. The van der Waals surface area contributed by atoms with Crippen molar-refractivity contribution in [1.29, 1.82) is 0 Å². The molecule has 0 bridgehead atoms. The van der Waals surface area contributed by atoms with Crippen LogP contribution in [-0.4, -0.2) is 12.2 Å². The van der Waals surface area contributed by atoms with Gasteiger partial charge < -0.3 is 5.73 Å². The van der Waals surface area contributed by atoms with Crippen LogP contribution < -0.4 is 5.73 Å². The molecule has 3 rings (SSSR count). The quantitative estimate of drug-likeness (QED) is 0.489. The SMILES string of the molecule is NC(=O)CC(=C(c1ccccc1)c1ccc(C=C[C]=O)cc1)c1ccccc1. The van der Waals surface area contributed by atoms with E-state index in [4.69, 9.17) is 5.73 Å². The highest BCUT2D eigenvalue weighted by atomic mass is 16.1. The van der Waals surface area contributed by atoms with E-state index in [0.29, 0.717) is 0 Å². The van der Waals surface area contributed by atoms with Crippen molar-refractivity contribution in [3.8, 4) is 0 Å². The Kier molecular flexibility index (Phi) is 6.32. The van der Waals surface area contributed by atoms with E-state index in [1.165, 1.54) is 6.08 Å². The number of carbonyl (C=O) groups is 1. The Labute approximate surface area is 164 Å². The first-order chi connectivity index (χ1) is 13.7. The lowest BCUT2D eigenvalue weighted by Crippen LogP contribution is -2.12. The first-order valence-corrected chi connectivity index (χ1v) is 8.96. The zero-order valence-corrected chi connectivity index (χ0v) is 15.3. The third-order valence-electron chi connectivity index (χ3n) is 4.38. The van der Waals surface area contributed by atoms with E-state index in [0.717, 1.165) is 33.4 Å². The highest BCUT2D eigenvalue weighted by Gasteiger charge is 2.15. The molecule has 0 aliphatic rings. The molecule has 0 fully saturated rings. The second-order valence-corrected chi connectivity index (χ2v) is 6.30. The van der Waals surface area contributed by atoms with Crippen molar-refractivity contribution in [2.24, 2.45) is 5.73 Å². The number of primary amides is 1.